The molecular formula is C20H30N2O2. The Morgan fingerprint density at radius 1 is 1.12 bits per heavy atom. The van der Waals surface area contributed by atoms with Crippen LogP contribution in [0.1, 0.15) is 56.6 Å². The lowest BCUT2D eigenvalue weighted by Crippen LogP contribution is -2.41. The lowest BCUT2D eigenvalue weighted by molar-refractivity contribution is -0.125. The van der Waals surface area contributed by atoms with Crippen LogP contribution in [0.25, 0.3) is 0 Å². The predicted molar refractivity (Wildman–Crippen MR) is 96.1 cm³/mol. The van der Waals surface area contributed by atoms with E-state index in [4.69, 9.17) is 4.74 Å². The molecule has 4 heteroatoms. The Kier molecular flexibility index (Phi) is 6.13. The Bertz CT molecular complexity index is 517. The molecule has 1 saturated carbocycles. The number of carbonyl (C=O) groups excluding carboxylic acids is 1. The molecule has 1 aromatic rings. The number of hydrogen-bond acceptors (Lipinski definition) is 3. The number of rotatable bonds is 6. The van der Waals surface area contributed by atoms with Crippen molar-refractivity contribution in [3.05, 3.63) is 29.8 Å². The molecule has 3 rings (SSSR count). The molecule has 1 aromatic carbocycles. The van der Waals surface area contributed by atoms with Gasteiger partial charge < -0.3 is 10.1 Å². The Labute approximate surface area is 145 Å². The maximum atomic E-state index is 12.4. The maximum Gasteiger partial charge on any atom is 0.223 e. The number of nitrogens with one attached hydrogen (secondary N) is 1. The Hall–Kier alpha value is -1.55. The van der Waals surface area contributed by atoms with Gasteiger partial charge in [-0.25, -0.2) is 0 Å². The van der Waals surface area contributed by atoms with E-state index in [9.17, 15) is 4.79 Å². The van der Waals surface area contributed by atoms with E-state index in [0.29, 0.717) is 6.54 Å². The largest absolute Gasteiger partial charge is 0.497 e. The summed E-state index contributed by atoms with van der Waals surface area (Å²) in [4.78, 5) is 14.9. The first kappa shape index (κ1) is 17.3. The molecule has 4 nitrogen and oxygen atoms in total. The van der Waals surface area contributed by atoms with Gasteiger partial charge in [0, 0.05) is 12.5 Å². The van der Waals surface area contributed by atoms with Crippen molar-refractivity contribution in [1.29, 1.82) is 0 Å². The zero-order chi connectivity index (χ0) is 16.8. The molecule has 132 valence electrons. The molecule has 1 atom stereocenters. The van der Waals surface area contributed by atoms with Gasteiger partial charge in [-0.3, -0.25) is 9.69 Å². The summed E-state index contributed by atoms with van der Waals surface area (Å²) in [6.07, 6.45) is 8.34. The van der Waals surface area contributed by atoms with Crippen molar-refractivity contribution in [2.75, 3.05) is 26.7 Å². The van der Waals surface area contributed by atoms with Gasteiger partial charge in [-0.05, 0) is 56.5 Å². The van der Waals surface area contributed by atoms with E-state index in [0.717, 1.165) is 31.7 Å². The molecule has 1 heterocycles. The monoisotopic (exact) mass is 330 g/mol. The lowest BCUT2D eigenvalue weighted by atomic mass is 10.0. The second-order valence-corrected chi connectivity index (χ2v) is 7.11. The van der Waals surface area contributed by atoms with Crippen molar-refractivity contribution in [2.45, 2.75) is 51.0 Å². The third-order valence-corrected chi connectivity index (χ3v) is 5.53. The van der Waals surface area contributed by atoms with Gasteiger partial charge in [-0.2, -0.15) is 0 Å². The third kappa shape index (κ3) is 4.29. The minimum Gasteiger partial charge on any atom is -0.497 e. The minimum absolute atomic E-state index is 0.239. The van der Waals surface area contributed by atoms with Gasteiger partial charge >= 0.3 is 0 Å². The summed E-state index contributed by atoms with van der Waals surface area (Å²) in [7, 11) is 1.69. The first-order chi connectivity index (χ1) is 11.8. The van der Waals surface area contributed by atoms with Crippen LogP contribution in [0.2, 0.25) is 0 Å². The van der Waals surface area contributed by atoms with Gasteiger partial charge in [0.15, 0.2) is 0 Å². The molecule has 24 heavy (non-hydrogen) atoms. The van der Waals surface area contributed by atoms with Gasteiger partial charge in [-0.1, -0.05) is 31.4 Å². The number of likely N-dealkylation sites (tertiary alicyclic amines) is 1. The van der Waals surface area contributed by atoms with Crippen molar-refractivity contribution in [2.24, 2.45) is 5.92 Å². The topological polar surface area (TPSA) is 41.6 Å². The van der Waals surface area contributed by atoms with Crippen LogP contribution < -0.4 is 10.1 Å². The first-order valence-electron chi connectivity index (χ1n) is 9.43. The molecule has 1 unspecified atom stereocenters. The smallest absolute Gasteiger partial charge is 0.223 e. The van der Waals surface area contributed by atoms with Crippen LogP contribution in [-0.4, -0.2) is 37.6 Å². The van der Waals surface area contributed by atoms with E-state index in [1.54, 1.807) is 7.11 Å². The number of methoxy groups -OCH3 is 1. The Balaban J connectivity index is 1.67. The van der Waals surface area contributed by atoms with E-state index in [1.165, 1.54) is 37.7 Å². The van der Waals surface area contributed by atoms with E-state index in [2.05, 4.69) is 22.3 Å². The van der Waals surface area contributed by atoms with E-state index >= 15 is 0 Å². The van der Waals surface area contributed by atoms with Crippen molar-refractivity contribution < 1.29 is 9.53 Å². The summed E-state index contributed by atoms with van der Waals surface area (Å²) in [5, 5.41) is 3.24. The van der Waals surface area contributed by atoms with Crippen LogP contribution in [0, 0.1) is 5.92 Å². The van der Waals surface area contributed by atoms with Crippen LogP contribution in [-0.2, 0) is 4.79 Å². The van der Waals surface area contributed by atoms with Gasteiger partial charge in [0.25, 0.3) is 0 Å². The number of amides is 1. The number of benzene rings is 1. The van der Waals surface area contributed by atoms with Crippen molar-refractivity contribution in [3.8, 4) is 5.75 Å². The second-order valence-electron chi connectivity index (χ2n) is 7.11. The van der Waals surface area contributed by atoms with Crippen LogP contribution >= 0.6 is 0 Å². The number of hydrogen-bond donors (Lipinski definition) is 1. The zero-order valence-electron chi connectivity index (χ0n) is 14.8. The highest BCUT2D eigenvalue weighted by Crippen LogP contribution is 2.27. The zero-order valence-corrected chi connectivity index (χ0v) is 14.8. The van der Waals surface area contributed by atoms with Gasteiger partial charge in [0.1, 0.15) is 5.75 Å². The quantitative estimate of drug-likeness (QED) is 0.867. The fraction of sp³-hybridized carbons (Fsp3) is 0.650. The molecule has 0 radical (unpaired) electrons. The van der Waals surface area contributed by atoms with Crippen LogP contribution in [0.4, 0.5) is 0 Å². The highest BCUT2D eigenvalue weighted by molar-refractivity contribution is 5.78. The normalized spacial score (nSPS) is 20.7. The second kappa shape index (κ2) is 8.52. The summed E-state index contributed by atoms with van der Waals surface area (Å²) in [6, 6.07) is 8.58. The molecule has 1 N–H and O–H groups in total. The fourth-order valence-electron chi connectivity index (χ4n) is 4.04. The van der Waals surface area contributed by atoms with Crippen LogP contribution in [0.5, 0.6) is 5.75 Å². The summed E-state index contributed by atoms with van der Waals surface area (Å²) in [5.41, 5.74) is 1.27. The average Bonchev–Trinajstić information content (AvgIpc) is 3.18. The molecule has 1 amide bonds. The van der Waals surface area contributed by atoms with Crippen molar-refractivity contribution in [1.82, 2.24) is 10.2 Å². The highest BCUT2D eigenvalue weighted by Gasteiger charge is 2.26. The molecule has 0 spiro atoms. The predicted octanol–water partition coefficient (Wildman–Crippen LogP) is 3.53. The van der Waals surface area contributed by atoms with Gasteiger partial charge in [0.05, 0.1) is 13.2 Å². The van der Waals surface area contributed by atoms with Crippen molar-refractivity contribution >= 4 is 5.91 Å². The number of carbonyl (C=O) groups is 1. The van der Waals surface area contributed by atoms with Gasteiger partial charge in [0.2, 0.25) is 5.91 Å². The van der Waals surface area contributed by atoms with E-state index in [1.807, 2.05) is 12.1 Å². The SMILES string of the molecule is COc1ccc(C(CNC(=O)C2CCCC2)N2CCCCC2)cc1. The molecule has 0 bridgehead atoms. The molecule has 0 aromatic heterocycles. The van der Waals surface area contributed by atoms with Crippen molar-refractivity contribution in [3.63, 3.8) is 0 Å². The number of piperidine rings is 1. The number of nitrogens with zero attached hydrogens (tertiary/aromatic N) is 1. The lowest BCUT2D eigenvalue weighted by Gasteiger charge is -2.35. The summed E-state index contributed by atoms with van der Waals surface area (Å²) >= 11 is 0. The van der Waals surface area contributed by atoms with Crippen LogP contribution in [0.3, 0.4) is 0 Å². The highest BCUT2D eigenvalue weighted by atomic mass is 16.5. The molecular weight excluding hydrogens is 300 g/mol. The van der Waals surface area contributed by atoms with E-state index < -0.39 is 0 Å². The summed E-state index contributed by atoms with van der Waals surface area (Å²) in [5.74, 6) is 1.37. The average molecular weight is 330 g/mol. The minimum atomic E-state index is 0.239. The molecule has 1 aliphatic carbocycles. The maximum absolute atomic E-state index is 12.4. The van der Waals surface area contributed by atoms with Gasteiger partial charge in [-0.15, -0.1) is 0 Å². The summed E-state index contributed by atoms with van der Waals surface area (Å²) in [6.45, 7) is 2.95. The molecule has 2 fully saturated rings. The molecule has 1 saturated heterocycles. The standard InChI is InChI=1S/C20H30N2O2/c1-24-18-11-9-16(10-12-18)19(22-13-5-2-6-14-22)15-21-20(23)17-7-3-4-8-17/h9-12,17,19H,2-8,13-15H2,1H3,(H,21,23). The van der Waals surface area contributed by atoms with E-state index in [-0.39, 0.29) is 17.9 Å². The Morgan fingerprint density at radius 2 is 1.79 bits per heavy atom. The third-order valence-electron chi connectivity index (χ3n) is 5.53. The summed E-state index contributed by atoms with van der Waals surface area (Å²) < 4.78 is 5.28. The Morgan fingerprint density at radius 3 is 2.42 bits per heavy atom. The molecule has 2 aliphatic rings. The molecule has 1 aliphatic heterocycles. The number of ether oxygens (including phenoxy) is 1. The van der Waals surface area contributed by atoms with Crippen LogP contribution in [0.15, 0.2) is 24.3 Å². The fourth-order valence-corrected chi connectivity index (χ4v) is 4.04. The first-order valence-corrected chi connectivity index (χ1v) is 9.43.